The van der Waals surface area contributed by atoms with E-state index >= 15 is 0 Å². The number of carbonyl (C=O) groups excluding carboxylic acids is 1. The number of sulfonamides is 1. The second-order valence-corrected chi connectivity index (χ2v) is 9.36. The Bertz CT molecular complexity index is 1030. The number of para-hydroxylation sites is 2. The van der Waals surface area contributed by atoms with Crippen LogP contribution in [0, 0.1) is 6.92 Å². The Labute approximate surface area is 184 Å². The van der Waals surface area contributed by atoms with Crippen LogP contribution in [0.15, 0.2) is 58.5 Å². The minimum absolute atomic E-state index is 0.107. The lowest BCUT2D eigenvalue weighted by molar-refractivity contribution is -0.119. The molecule has 0 unspecified atom stereocenters. The third-order valence-corrected chi connectivity index (χ3v) is 6.87. The summed E-state index contributed by atoms with van der Waals surface area (Å²) >= 11 is 0. The molecule has 2 aromatic rings. The summed E-state index contributed by atoms with van der Waals surface area (Å²) < 4.78 is 33.7. The number of hydrogen-bond donors (Lipinski definition) is 1. The van der Waals surface area contributed by atoms with Crippen LogP contribution in [-0.2, 0) is 14.8 Å². The Morgan fingerprint density at radius 2 is 1.74 bits per heavy atom. The fourth-order valence-electron chi connectivity index (χ4n) is 3.46. The number of hydrazone groups is 1. The molecule has 0 bridgehead atoms. The van der Waals surface area contributed by atoms with Crippen molar-refractivity contribution in [2.75, 3.05) is 17.5 Å². The maximum atomic E-state index is 13.5. The van der Waals surface area contributed by atoms with Gasteiger partial charge in [-0.3, -0.25) is 9.10 Å². The minimum Gasteiger partial charge on any atom is -0.492 e. The van der Waals surface area contributed by atoms with Gasteiger partial charge in [0.1, 0.15) is 12.3 Å². The maximum Gasteiger partial charge on any atom is 0.264 e. The lowest BCUT2D eigenvalue weighted by Gasteiger charge is -2.25. The van der Waals surface area contributed by atoms with Crippen molar-refractivity contribution in [1.29, 1.82) is 0 Å². The van der Waals surface area contributed by atoms with Crippen LogP contribution < -0.4 is 14.5 Å². The van der Waals surface area contributed by atoms with E-state index in [1.807, 2.05) is 13.8 Å². The number of rotatable bonds is 8. The van der Waals surface area contributed by atoms with Gasteiger partial charge in [-0.05, 0) is 63.8 Å². The molecule has 31 heavy (non-hydrogen) atoms. The van der Waals surface area contributed by atoms with E-state index in [1.54, 1.807) is 48.5 Å². The van der Waals surface area contributed by atoms with Crippen LogP contribution >= 0.6 is 0 Å². The summed E-state index contributed by atoms with van der Waals surface area (Å²) in [6, 6.07) is 13.4. The van der Waals surface area contributed by atoms with Crippen LogP contribution in [0.1, 0.15) is 44.6 Å². The van der Waals surface area contributed by atoms with E-state index in [4.69, 9.17) is 4.74 Å². The second-order valence-electron chi connectivity index (χ2n) is 7.50. The van der Waals surface area contributed by atoms with E-state index in [2.05, 4.69) is 10.5 Å². The average Bonchev–Trinajstić information content (AvgIpc) is 2.78. The number of carbonyl (C=O) groups is 1. The summed E-state index contributed by atoms with van der Waals surface area (Å²) in [4.78, 5) is 12.8. The van der Waals surface area contributed by atoms with Gasteiger partial charge in [-0.1, -0.05) is 36.2 Å². The molecule has 1 aliphatic carbocycles. The molecule has 0 heterocycles. The van der Waals surface area contributed by atoms with E-state index in [9.17, 15) is 13.2 Å². The average molecular weight is 444 g/mol. The van der Waals surface area contributed by atoms with Gasteiger partial charge in [0, 0.05) is 5.71 Å². The zero-order valence-electron chi connectivity index (χ0n) is 18.0. The van der Waals surface area contributed by atoms with Crippen molar-refractivity contribution >= 4 is 27.3 Å². The molecule has 2 aromatic carbocycles. The number of anilines is 1. The SMILES string of the molecule is CCOc1ccccc1N(CC(=O)NN=C1CCCCC1)S(=O)(=O)c1ccc(C)cc1. The largest absolute Gasteiger partial charge is 0.492 e. The molecule has 8 heteroatoms. The lowest BCUT2D eigenvalue weighted by Crippen LogP contribution is -2.40. The van der Waals surface area contributed by atoms with Crippen LogP contribution in [0.5, 0.6) is 5.75 Å². The highest BCUT2D eigenvalue weighted by Crippen LogP contribution is 2.32. The number of benzene rings is 2. The first-order valence-corrected chi connectivity index (χ1v) is 12.0. The zero-order valence-corrected chi connectivity index (χ0v) is 18.8. The molecule has 0 saturated heterocycles. The summed E-state index contributed by atoms with van der Waals surface area (Å²) in [6.07, 6.45) is 5.01. The van der Waals surface area contributed by atoms with E-state index in [1.165, 1.54) is 6.42 Å². The third kappa shape index (κ3) is 5.85. The predicted molar refractivity (Wildman–Crippen MR) is 122 cm³/mol. The van der Waals surface area contributed by atoms with Crippen molar-refractivity contribution in [3.8, 4) is 5.75 Å². The van der Waals surface area contributed by atoms with E-state index in [0.29, 0.717) is 18.0 Å². The molecule has 1 fully saturated rings. The quantitative estimate of drug-likeness (QED) is 0.624. The monoisotopic (exact) mass is 443 g/mol. The Morgan fingerprint density at radius 3 is 2.42 bits per heavy atom. The summed E-state index contributed by atoms with van der Waals surface area (Å²) in [5.41, 5.74) is 4.74. The van der Waals surface area contributed by atoms with Gasteiger partial charge in [-0.15, -0.1) is 0 Å². The fraction of sp³-hybridized carbons (Fsp3) is 0.391. The predicted octanol–water partition coefficient (Wildman–Crippen LogP) is 4.03. The summed E-state index contributed by atoms with van der Waals surface area (Å²) in [7, 11) is -4.01. The highest BCUT2D eigenvalue weighted by molar-refractivity contribution is 7.92. The number of amides is 1. The molecule has 1 aliphatic rings. The first kappa shape index (κ1) is 22.8. The van der Waals surface area contributed by atoms with Crippen LogP contribution in [0.4, 0.5) is 5.69 Å². The molecule has 166 valence electrons. The van der Waals surface area contributed by atoms with Crippen molar-refractivity contribution < 1.29 is 17.9 Å². The van der Waals surface area contributed by atoms with Crippen molar-refractivity contribution in [2.45, 2.75) is 50.8 Å². The smallest absolute Gasteiger partial charge is 0.264 e. The molecule has 0 aliphatic heterocycles. The van der Waals surface area contributed by atoms with E-state index in [-0.39, 0.29) is 4.90 Å². The highest BCUT2D eigenvalue weighted by Gasteiger charge is 2.29. The van der Waals surface area contributed by atoms with Gasteiger partial charge in [-0.25, -0.2) is 13.8 Å². The molecule has 0 aromatic heterocycles. The first-order valence-electron chi connectivity index (χ1n) is 10.6. The van der Waals surface area contributed by atoms with Gasteiger partial charge < -0.3 is 4.74 Å². The van der Waals surface area contributed by atoms with Gasteiger partial charge in [0.15, 0.2) is 0 Å². The summed E-state index contributed by atoms with van der Waals surface area (Å²) in [6.45, 7) is 3.67. The Morgan fingerprint density at radius 1 is 1.06 bits per heavy atom. The Balaban J connectivity index is 1.92. The second kappa shape index (κ2) is 10.4. The normalized spacial score (nSPS) is 14.1. The third-order valence-electron chi connectivity index (χ3n) is 5.10. The Kier molecular flexibility index (Phi) is 7.68. The molecule has 1 N–H and O–H groups in total. The molecule has 7 nitrogen and oxygen atoms in total. The topological polar surface area (TPSA) is 88.1 Å². The van der Waals surface area contributed by atoms with Gasteiger partial charge in [0.25, 0.3) is 15.9 Å². The number of hydrogen-bond acceptors (Lipinski definition) is 5. The maximum absolute atomic E-state index is 13.5. The molecule has 3 rings (SSSR count). The molecule has 1 amide bonds. The van der Waals surface area contributed by atoms with Crippen LogP contribution in [-0.4, -0.2) is 33.2 Å². The van der Waals surface area contributed by atoms with E-state index < -0.39 is 22.5 Å². The molecular weight excluding hydrogens is 414 g/mol. The van der Waals surface area contributed by atoms with Crippen LogP contribution in [0.25, 0.3) is 0 Å². The van der Waals surface area contributed by atoms with Gasteiger partial charge in [0.05, 0.1) is 17.2 Å². The minimum atomic E-state index is -4.01. The fourth-order valence-corrected chi connectivity index (χ4v) is 4.89. The molecule has 0 spiro atoms. The Hall–Kier alpha value is -2.87. The number of nitrogens with one attached hydrogen (secondary N) is 1. The summed E-state index contributed by atoms with van der Waals surface area (Å²) in [5.74, 6) is -0.104. The highest BCUT2D eigenvalue weighted by atomic mass is 32.2. The first-order chi connectivity index (χ1) is 14.9. The van der Waals surface area contributed by atoms with Gasteiger partial charge in [0.2, 0.25) is 0 Å². The lowest BCUT2D eigenvalue weighted by atomic mass is 9.99. The standard InChI is InChI=1S/C23H29N3O4S/c1-3-30-22-12-8-7-11-21(22)26(31(28,29)20-15-13-18(2)14-16-20)17-23(27)25-24-19-9-5-4-6-10-19/h7-8,11-16H,3-6,9-10,17H2,1-2H3,(H,25,27). The number of nitrogens with zero attached hydrogens (tertiary/aromatic N) is 2. The molecule has 0 radical (unpaired) electrons. The molecule has 1 saturated carbocycles. The van der Waals surface area contributed by atoms with Crippen molar-refractivity contribution in [3.63, 3.8) is 0 Å². The van der Waals surface area contributed by atoms with Gasteiger partial charge >= 0.3 is 0 Å². The summed E-state index contributed by atoms with van der Waals surface area (Å²) in [5, 5.41) is 4.22. The van der Waals surface area contributed by atoms with E-state index in [0.717, 1.165) is 41.3 Å². The molecular formula is C23H29N3O4S. The van der Waals surface area contributed by atoms with Gasteiger partial charge in [-0.2, -0.15) is 5.10 Å². The zero-order chi connectivity index (χ0) is 22.3. The van der Waals surface area contributed by atoms with Crippen molar-refractivity contribution in [2.24, 2.45) is 5.10 Å². The number of aryl methyl sites for hydroxylation is 1. The van der Waals surface area contributed by atoms with Crippen molar-refractivity contribution in [3.05, 3.63) is 54.1 Å². The van der Waals surface area contributed by atoms with Crippen LogP contribution in [0.2, 0.25) is 0 Å². The van der Waals surface area contributed by atoms with Crippen LogP contribution in [0.3, 0.4) is 0 Å². The molecule has 0 atom stereocenters. The van der Waals surface area contributed by atoms with Crippen molar-refractivity contribution in [1.82, 2.24) is 5.43 Å². The number of ether oxygens (including phenoxy) is 1.